The number of amides is 1. The number of rotatable bonds is 4. The third-order valence-corrected chi connectivity index (χ3v) is 2.68. The smallest absolute Gasteiger partial charge is 0.257 e. The summed E-state index contributed by atoms with van der Waals surface area (Å²) in [6, 6.07) is 1.68. The maximum Gasteiger partial charge on any atom is 0.257 e. The summed E-state index contributed by atoms with van der Waals surface area (Å²) < 4.78 is 25.2. The second-order valence-corrected chi connectivity index (χ2v) is 4.09. The summed E-state index contributed by atoms with van der Waals surface area (Å²) in [7, 11) is 0. The van der Waals surface area contributed by atoms with E-state index in [1.54, 1.807) is 16.8 Å². The normalized spacial score (nSPS) is 10.8. The van der Waals surface area contributed by atoms with E-state index in [1.165, 1.54) is 23.7 Å². The summed E-state index contributed by atoms with van der Waals surface area (Å²) >= 11 is 1.41. The topological polar surface area (TPSA) is 46.9 Å². The van der Waals surface area contributed by atoms with Gasteiger partial charge in [-0.1, -0.05) is 0 Å². The molecule has 2 aromatic heterocycles. The summed E-state index contributed by atoms with van der Waals surface area (Å²) in [4.78, 5) is 11.6. The zero-order valence-corrected chi connectivity index (χ0v) is 9.45. The molecule has 0 radical (unpaired) electrons. The number of hydrogen-bond acceptors (Lipinski definition) is 3. The molecule has 1 N–H and O–H groups in total. The van der Waals surface area contributed by atoms with Crippen LogP contribution in [0.1, 0.15) is 10.4 Å². The van der Waals surface area contributed by atoms with Gasteiger partial charge in [0.25, 0.3) is 12.3 Å². The molecule has 7 heteroatoms. The summed E-state index contributed by atoms with van der Waals surface area (Å²) in [5.74, 6) is -0.275. The van der Waals surface area contributed by atoms with Crippen LogP contribution >= 0.6 is 11.3 Å². The minimum atomic E-state index is -2.46. The minimum Gasteiger partial charge on any atom is -0.319 e. The van der Waals surface area contributed by atoms with E-state index in [1.807, 2.05) is 0 Å². The molecule has 0 aliphatic carbocycles. The van der Waals surface area contributed by atoms with Gasteiger partial charge in [-0.15, -0.1) is 0 Å². The second kappa shape index (κ2) is 5.05. The Bertz CT molecular complexity index is 495. The zero-order valence-electron chi connectivity index (χ0n) is 8.64. The van der Waals surface area contributed by atoms with Crippen LogP contribution in [0.2, 0.25) is 0 Å². The molecule has 0 aromatic carbocycles. The predicted molar refractivity (Wildman–Crippen MR) is 60.5 cm³/mol. The first kappa shape index (κ1) is 11.7. The van der Waals surface area contributed by atoms with Crippen LogP contribution in [0.4, 0.5) is 14.5 Å². The molecule has 0 saturated heterocycles. The van der Waals surface area contributed by atoms with Gasteiger partial charge in [0.05, 0.1) is 17.4 Å². The van der Waals surface area contributed by atoms with Crippen molar-refractivity contribution in [2.24, 2.45) is 0 Å². The summed E-state index contributed by atoms with van der Waals surface area (Å²) in [6.07, 6.45) is 0.249. The lowest BCUT2D eigenvalue weighted by Gasteiger charge is -2.00. The van der Waals surface area contributed by atoms with Crippen LogP contribution in [0.3, 0.4) is 0 Å². The van der Waals surface area contributed by atoms with E-state index < -0.39 is 13.0 Å². The Morgan fingerprint density at radius 2 is 2.41 bits per heavy atom. The Morgan fingerprint density at radius 1 is 1.59 bits per heavy atom. The zero-order chi connectivity index (χ0) is 12.3. The van der Waals surface area contributed by atoms with Crippen molar-refractivity contribution >= 4 is 22.9 Å². The van der Waals surface area contributed by atoms with Gasteiger partial charge >= 0.3 is 0 Å². The van der Waals surface area contributed by atoms with Crippen molar-refractivity contribution in [3.8, 4) is 0 Å². The molecule has 0 spiro atoms. The molecule has 1 amide bonds. The molecule has 0 aliphatic rings. The number of hydrogen-bond donors (Lipinski definition) is 1. The van der Waals surface area contributed by atoms with Gasteiger partial charge in [-0.2, -0.15) is 16.4 Å². The molecule has 0 aliphatic heterocycles. The third kappa shape index (κ3) is 3.10. The molecule has 0 bridgehead atoms. The van der Waals surface area contributed by atoms with Crippen molar-refractivity contribution in [1.29, 1.82) is 0 Å². The van der Waals surface area contributed by atoms with Gasteiger partial charge in [-0.05, 0) is 11.4 Å². The average molecular weight is 257 g/mol. The Morgan fingerprint density at radius 3 is 3.06 bits per heavy atom. The highest BCUT2D eigenvalue weighted by Crippen LogP contribution is 2.11. The third-order valence-electron chi connectivity index (χ3n) is 2.00. The first-order valence-electron chi connectivity index (χ1n) is 4.79. The minimum absolute atomic E-state index is 0.275. The Hall–Kier alpha value is -1.76. The lowest BCUT2D eigenvalue weighted by atomic mass is 10.3. The van der Waals surface area contributed by atoms with Crippen LogP contribution in [0.15, 0.2) is 29.2 Å². The SMILES string of the molecule is O=C(Nc1cnn(CC(F)F)c1)c1ccsc1. The van der Waals surface area contributed by atoms with Gasteiger partial charge in [-0.3, -0.25) is 9.48 Å². The molecule has 0 unspecified atom stereocenters. The summed E-state index contributed by atoms with van der Waals surface area (Å²) in [6.45, 7) is -0.478. The molecule has 17 heavy (non-hydrogen) atoms. The molecule has 0 atom stereocenters. The maximum absolute atomic E-state index is 12.1. The van der Waals surface area contributed by atoms with Crippen LogP contribution < -0.4 is 5.32 Å². The van der Waals surface area contributed by atoms with E-state index in [9.17, 15) is 13.6 Å². The van der Waals surface area contributed by atoms with Gasteiger partial charge in [0.15, 0.2) is 0 Å². The monoisotopic (exact) mass is 257 g/mol. The average Bonchev–Trinajstić information content (AvgIpc) is 2.87. The fourth-order valence-corrected chi connectivity index (χ4v) is 1.90. The number of thiophene rings is 1. The van der Waals surface area contributed by atoms with E-state index in [0.717, 1.165) is 4.68 Å². The lowest BCUT2D eigenvalue weighted by Crippen LogP contribution is -2.10. The van der Waals surface area contributed by atoms with Crippen LogP contribution in [0, 0.1) is 0 Å². The molecule has 4 nitrogen and oxygen atoms in total. The number of carbonyl (C=O) groups excluding carboxylic acids is 1. The number of aromatic nitrogens is 2. The lowest BCUT2D eigenvalue weighted by molar-refractivity contribution is 0.102. The standard InChI is InChI=1S/C10H9F2N3OS/c11-9(12)5-15-4-8(3-13-15)14-10(16)7-1-2-17-6-7/h1-4,6,9H,5H2,(H,14,16). The van der Waals surface area contributed by atoms with Crippen molar-refractivity contribution in [1.82, 2.24) is 9.78 Å². The van der Waals surface area contributed by atoms with E-state index in [0.29, 0.717) is 11.3 Å². The van der Waals surface area contributed by atoms with Crippen LogP contribution in [-0.2, 0) is 6.54 Å². The van der Waals surface area contributed by atoms with Crippen LogP contribution in [0.25, 0.3) is 0 Å². The van der Waals surface area contributed by atoms with Crippen molar-refractivity contribution in [3.63, 3.8) is 0 Å². The number of carbonyl (C=O) groups is 1. The largest absolute Gasteiger partial charge is 0.319 e. The first-order valence-corrected chi connectivity index (χ1v) is 5.73. The van der Waals surface area contributed by atoms with E-state index in [2.05, 4.69) is 10.4 Å². The van der Waals surface area contributed by atoms with Gasteiger partial charge < -0.3 is 5.32 Å². The van der Waals surface area contributed by atoms with Crippen molar-refractivity contribution < 1.29 is 13.6 Å². The molecule has 90 valence electrons. The van der Waals surface area contributed by atoms with Gasteiger partial charge in [0, 0.05) is 11.6 Å². The fourth-order valence-electron chi connectivity index (χ4n) is 1.27. The number of anilines is 1. The summed E-state index contributed by atoms with van der Waals surface area (Å²) in [5, 5.41) is 9.79. The molecule has 0 saturated carbocycles. The number of nitrogens with zero attached hydrogens (tertiary/aromatic N) is 2. The molecule has 2 aromatic rings. The van der Waals surface area contributed by atoms with Crippen LogP contribution in [-0.4, -0.2) is 22.1 Å². The number of nitrogens with one attached hydrogen (secondary N) is 1. The van der Waals surface area contributed by atoms with Crippen molar-refractivity contribution in [2.75, 3.05) is 5.32 Å². The van der Waals surface area contributed by atoms with Crippen molar-refractivity contribution in [2.45, 2.75) is 13.0 Å². The predicted octanol–water partition coefficient (Wildman–Crippen LogP) is 2.46. The Balaban J connectivity index is 1.99. The maximum atomic E-state index is 12.1. The number of halogens is 2. The Kier molecular flexibility index (Phi) is 3.48. The second-order valence-electron chi connectivity index (χ2n) is 3.31. The number of alkyl halides is 2. The molecular formula is C10H9F2N3OS. The first-order chi connectivity index (χ1) is 8.15. The highest BCUT2D eigenvalue weighted by atomic mass is 32.1. The van der Waals surface area contributed by atoms with Crippen LogP contribution in [0.5, 0.6) is 0 Å². The van der Waals surface area contributed by atoms with Gasteiger partial charge in [0.2, 0.25) is 0 Å². The van der Waals surface area contributed by atoms with Crippen molar-refractivity contribution in [3.05, 3.63) is 34.8 Å². The fraction of sp³-hybridized carbons (Fsp3) is 0.200. The molecule has 2 rings (SSSR count). The highest BCUT2D eigenvalue weighted by molar-refractivity contribution is 7.08. The Labute approximate surface area is 99.9 Å². The highest BCUT2D eigenvalue weighted by Gasteiger charge is 2.09. The van der Waals surface area contributed by atoms with Gasteiger partial charge in [-0.25, -0.2) is 8.78 Å². The quantitative estimate of drug-likeness (QED) is 0.914. The molecular weight excluding hydrogens is 248 g/mol. The van der Waals surface area contributed by atoms with Gasteiger partial charge in [0.1, 0.15) is 6.54 Å². The van der Waals surface area contributed by atoms with E-state index in [4.69, 9.17) is 0 Å². The molecule has 2 heterocycles. The summed E-state index contributed by atoms with van der Waals surface area (Å²) in [5.41, 5.74) is 0.943. The molecule has 0 fully saturated rings. The van der Waals surface area contributed by atoms with E-state index >= 15 is 0 Å². The van der Waals surface area contributed by atoms with E-state index in [-0.39, 0.29) is 5.91 Å².